The maximum Gasteiger partial charge on any atom is 0.306 e. The van der Waals surface area contributed by atoms with E-state index in [0.717, 1.165) is 0 Å². The van der Waals surface area contributed by atoms with Gasteiger partial charge in [-0.05, 0) is 30.3 Å². The summed E-state index contributed by atoms with van der Waals surface area (Å²) in [6, 6.07) is 18.3. The summed E-state index contributed by atoms with van der Waals surface area (Å²) in [5.41, 5.74) is 0. The second-order valence-electron chi connectivity index (χ2n) is 3.98. The van der Waals surface area contributed by atoms with E-state index in [0.29, 0.717) is 16.4 Å². The number of hydrogen-bond donors (Lipinski definition) is 0. The Kier molecular flexibility index (Phi) is 4.03. The molecule has 2 rings (SSSR count). The van der Waals surface area contributed by atoms with Crippen molar-refractivity contribution < 1.29 is 9.09 Å². The Morgan fingerprint density at radius 2 is 1.37 bits per heavy atom. The molecule has 0 aliphatic rings. The monoisotopic (exact) mass is 270 g/mol. The van der Waals surface area contributed by atoms with Crippen LogP contribution < -0.4 is 10.6 Å². The van der Waals surface area contributed by atoms with Gasteiger partial charge in [0.2, 0.25) is 0 Å². The summed E-state index contributed by atoms with van der Waals surface area (Å²) in [4.78, 5) is 0. The molecule has 19 heavy (non-hydrogen) atoms. The van der Waals surface area contributed by atoms with Crippen molar-refractivity contribution in [3.8, 4) is 0 Å². The Labute approximate surface area is 113 Å². The molecule has 0 heterocycles. The smallest absolute Gasteiger partial charge is 0.306 e. The van der Waals surface area contributed by atoms with Crippen LogP contribution >= 0.6 is 7.37 Å². The van der Waals surface area contributed by atoms with Crippen LogP contribution in [-0.2, 0) is 9.09 Å². The van der Waals surface area contributed by atoms with Gasteiger partial charge in [0, 0.05) is 0 Å². The molecule has 0 spiro atoms. The van der Waals surface area contributed by atoms with E-state index in [1.165, 1.54) is 6.08 Å². The van der Waals surface area contributed by atoms with Crippen molar-refractivity contribution in [3.63, 3.8) is 0 Å². The Hall–Kier alpha value is -2.05. The highest BCUT2D eigenvalue weighted by Crippen LogP contribution is 2.46. The van der Waals surface area contributed by atoms with Gasteiger partial charge in [-0.15, -0.1) is 0 Å². The van der Waals surface area contributed by atoms with Gasteiger partial charge < -0.3 is 4.52 Å². The van der Waals surface area contributed by atoms with Crippen LogP contribution in [0.2, 0.25) is 0 Å². The van der Waals surface area contributed by atoms with E-state index in [1.54, 1.807) is 24.3 Å². The standard InChI is InChI=1S/C16H15O2P/c1-3-14(2)18-19(17,15-10-6-4-7-11-15)16-12-8-5-9-13-16/h3-13H,1-2H2. The molecule has 0 fully saturated rings. The second kappa shape index (κ2) is 5.73. The molecular weight excluding hydrogens is 255 g/mol. The molecule has 0 saturated carbocycles. The average Bonchev–Trinajstić information content (AvgIpc) is 2.48. The van der Waals surface area contributed by atoms with Crippen LogP contribution in [0.1, 0.15) is 0 Å². The summed E-state index contributed by atoms with van der Waals surface area (Å²) in [5.74, 6) is 0.302. The lowest BCUT2D eigenvalue weighted by molar-refractivity contribution is 0.437. The topological polar surface area (TPSA) is 26.3 Å². The first-order valence-electron chi connectivity index (χ1n) is 5.89. The minimum absolute atomic E-state index is 0.302. The second-order valence-corrected chi connectivity index (χ2v) is 6.30. The Morgan fingerprint density at radius 3 is 1.74 bits per heavy atom. The van der Waals surface area contributed by atoms with Gasteiger partial charge in [0.1, 0.15) is 5.76 Å². The molecule has 3 heteroatoms. The maximum absolute atomic E-state index is 13.3. The van der Waals surface area contributed by atoms with Crippen molar-refractivity contribution in [2.45, 2.75) is 0 Å². The van der Waals surface area contributed by atoms with Crippen molar-refractivity contribution in [3.05, 3.63) is 85.7 Å². The number of hydrogen-bond acceptors (Lipinski definition) is 2. The Bertz CT molecular complexity index is 574. The molecule has 2 nitrogen and oxygen atoms in total. The number of rotatable bonds is 5. The van der Waals surface area contributed by atoms with Gasteiger partial charge in [-0.25, -0.2) is 0 Å². The van der Waals surface area contributed by atoms with Crippen LogP contribution in [-0.4, -0.2) is 0 Å². The third-order valence-corrected chi connectivity index (χ3v) is 5.11. The van der Waals surface area contributed by atoms with Crippen LogP contribution in [0, 0.1) is 0 Å². The average molecular weight is 270 g/mol. The summed E-state index contributed by atoms with van der Waals surface area (Å²) >= 11 is 0. The van der Waals surface area contributed by atoms with Crippen LogP contribution in [0.3, 0.4) is 0 Å². The molecule has 2 aromatic carbocycles. The van der Waals surface area contributed by atoms with Gasteiger partial charge in [0.15, 0.2) is 0 Å². The summed E-state index contributed by atoms with van der Waals surface area (Å²) in [6.45, 7) is 7.28. The van der Waals surface area contributed by atoms with Gasteiger partial charge in [0.05, 0.1) is 10.6 Å². The van der Waals surface area contributed by atoms with Crippen LogP contribution in [0.25, 0.3) is 0 Å². The van der Waals surface area contributed by atoms with E-state index in [4.69, 9.17) is 4.52 Å². The summed E-state index contributed by atoms with van der Waals surface area (Å²) in [7, 11) is -3.17. The minimum Gasteiger partial charge on any atom is -0.438 e. The molecule has 0 amide bonds. The third-order valence-electron chi connectivity index (χ3n) is 2.67. The van der Waals surface area contributed by atoms with Gasteiger partial charge >= 0.3 is 7.37 Å². The largest absolute Gasteiger partial charge is 0.438 e. The maximum atomic E-state index is 13.3. The van der Waals surface area contributed by atoms with E-state index >= 15 is 0 Å². The van der Waals surface area contributed by atoms with Crippen LogP contribution in [0.15, 0.2) is 85.7 Å². The zero-order chi connectivity index (χ0) is 13.7. The Balaban J connectivity index is 2.54. The van der Waals surface area contributed by atoms with E-state index in [9.17, 15) is 4.57 Å². The van der Waals surface area contributed by atoms with E-state index < -0.39 is 7.37 Å². The van der Waals surface area contributed by atoms with E-state index in [1.807, 2.05) is 36.4 Å². The molecule has 0 N–H and O–H groups in total. The van der Waals surface area contributed by atoms with Crippen LogP contribution in [0.4, 0.5) is 0 Å². The molecule has 0 aliphatic heterocycles. The third kappa shape index (κ3) is 2.86. The lowest BCUT2D eigenvalue weighted by Gasteiger charge is -2.20. The highest BCUT2D eigenvalue weighted by Gasteiger charge is 2.29. The normalized spacial score (nSPS) is 10.7. The van der Waals surface area contributed by atoms with Crippen molar-refractivity contribution in [1.82, 2.24) is 0 Å². The van der Waals surface area contributed by atoms with Crippen molar-refractivity contribution >= 4 is 18.0 Å². The summed E-state index contributed by atoms with van der Waals surface area (Å²) in [5, 5.41) is 1.29. The SMILES string of the molecule is C=CC(=C)OP(=O)(c1ccccc1)c1ccccc1. The zero-order valence-electron chi connectivity index (χ0n) is 10.5. The van der Waals surface area contributed by atoms with Gasteiger partial charge in [0.25, 0.3) is 0 Å². The minimum atomic E-state index is -3.17. The first kappa shape index (κ1) is 13.4. The van der Waals surface area contributed by atoms with Gasteiger partial charge in [-0.2, -0.15) is 0 Å². The molecule has 0 saturated heterocycles. The quantitative estimate of drug-likeness (QED) is 0.471. The first-order chi connectivity index (χ1) is 9.16. The van der Waals surface area contributed by atoms with Crippen molar-refractivity contribution in [2.24, 2.45) is 0 Å². The lowest BCUT2D eigenvalue weighted by atomic mass is 10.4. The molecule has 0 aliphatic carbocycles. The molecular formula is C16H15O2P. The molecule has 0 bridgehead atoms. The molecule has 0 atom stereocenters. The fourth-order valence-corrected chi connectivity index (χ4v) is 3.75. The fourth-order valence-electron chi connectivity index (χ4n) is 1.71. The molecule has 0 radical (unpaired) electrons. The van der Waals surface area contributed by atoms with Crippen molar-refractivity contribution in [1.29, 1.82) is 0 Å². The van der Waals surface area contributed by atoms with Gasteiger partial charge in [-0.1, -0.05) is 49.6 Å². The number of allylic oxidation sites excluding steroid dienone is 1. The van der Waals surface area contributed by atoms with E-state index in [2.05, 4.69) is 13.2 Å². The zero-order valence-corrected chi connectivity index (χ0v) is 11.4. The number of benzene rings is 2. The van der Waals surface area contributed by atoms with Gasteiger partial charge in [-0.3, -0.25) is 4.57 Å². The molecule has 0 unspecified atom stereocenters. The first-order valence-corrected chi connectivity index (χ1v) is 7.51. The highest BCUT2D eigenvalue weighted by atomic mass is 31.2. The predicted octanol–water partition coefficient (Wildman–Crippen LogP) is 3.63. The molecule has 2 aromatic rings. The Morgan fingerprint density at radius 1 is 0.947 bits per heavy atom. The predicted molar refractivity (Wildman–Crippen MR) is 80.2 cm³/mol. The highest BCUT2D eigenvalue weighted by molar-refractivity contribution is 7.74. The molecule has 0 aromatic heterocycles. The van der Waals surface area contributed by atoms with Crippen LogP contribution in [0.5, 0.6) is 0 Å². The summed E-state index contributed by atoms with van der Waals surface area (Å²) < 4.78 is 18.9. The van der Waals surface area contributed by atoms with Crippen molar-refractivity contribution in [2.75, 3.05) is 0 Å². The summed E-state index contributed by atoms with van der Waals surface area (Å²) in [6.07, 6.45) is 1.46. The molecule has 96 valence electrons. The lowest BCUT2D eigenvalue weighted by Crippen LogP contribution is -2.17. The van der Waals surface area contributed by atoms with E-state index in [-0.39, 0.29) is 0 Å². The fraction of sp³-hybridized carbons (Fsp3) is 0.